The summed E-state index contributed by atoms with van der Waals surface area (Å²) in [6.45, 7) is 3.70. The van der Waals surface area contributed by atoms with E-state index in [-0.39, 0.29) is 18.9 Å². The third-order valence-electron chi connectivity index (χ3n) is 5.00. The Kier molecular flexibility index (Phi) is 4.99. The molecule has 1 unspecified atom stereocenters. The highest BCUT2D eigenvalue weighted by Crippen LogP contribution is 2.30. The fourth-order valence-electron chi connectivity index (χ4n) is 3.43. The molecule has 6 heteroatoms. The van der Waals surface area contributed by atoms with Gasteiger partial charge in [0.2, 0.25) is 0 Å². The van der Waals surface area contributed by atoms with Crippen molar-refractivity contribution in [2.24, 2.45) is 5.16 Å². The van der Waals surface area contributed by atoms with Gasteiger partial charge in [0.25, 0.3) is 5.91 Å². The van der Waals surface area contributed by atoms with Crippen molar-refractivity contribution in [3.63, 3.8) is 0 Å². The second-order valence-corrected chi connectivity index (χ2v) is 6.88. The fourth-order valence-corrected chi connectivity index (χ4v) is 3.43. The highest BCUT2D eigenvalue weighted by molar-refractivity contribution is 6.06. The van der Waals surface area contributed by atoms with Crippen molar-refractivity contribution in [2.75, 3.05) is 13.7 Å². The van der Waals surface area contributed by atoms with E-state index in [0.717, 1.165) is 16.7 Å². The van der Waals surface area contributed by atoms with Crippen LogP contribution in [0.25, 0.3) is 11.1 Å². The third kappa shape index (κ3) is 3.43. The topological polar surface area (TPSA) is 79.2 Å². The number of hydrogen-bond acceptors (Lipinski definition) is 4. The van der Waals surface area contributed by atoms with Gasteiger partial charge in [-0.3, -0.25) is 4.79 Å². The van der Waals surface area contributed by atoms with E-state index in [4.69, 9.17) is 4.84 Å². The number of aliphatic carboxylic acids is 1. The zero-order valence-electron chi connectivity index (χ0n) is 15.6. The summed E-state index contributed by atoms with van der Waals surface area (Å²) in [5.41, 5.74) is 2.89. The molecule has 1 heterocycles. The summed E-state index contributed by atoms with van der Waals surface area (Å²) in [5, 5.41) is 13.5. The van der Waals surface area contributed by atoms with Crippen molar-refractivity contribution in [1.82, 2.24) is 4.90 Å². The van der Waals surface area contributed by atoms with E-state index in [1.54, 1.807) is 12.1 Å². The number of hydrogen-bond donors (Lipinski definition) is 1. The van der Waals surface area contributed by atoms with Crippen LogP contribution in [-0.2, 0) is 9.63 Å². The average Bonchev–Trinajstić information content (AvgIpc) is 3.00. The van der Waals surface area contributed by atoms with E-state index in [2.05, 4.69) is 5.16 Å². The van der Waals surface area contributed by atoms with E-state index in [9.17, 15) is 14.7 Å². The molecular formula is C21H22N2O4. The predicted molar refractivity (Wildman–Crippen MR) is 103 cm³/mol. The highest BCUT2D eigenvalue weighted by Gasteiger charge is 2.49. The summed E-state index contributed by atoms with van der Waals surface area (Å²) in [6.07, 6.45) is 0.142. The smallest absolute Gasteiger partial charge is 0.329 e. The van der Waals surface area contributed by atoms with Gasteiger partial charge in [-0.05, 0) is 42.7 Å². The summed E-state index contributed by atoms with van der Waals surface area (Å²) in [7, 11) is 1.40. The number of amides is 1. The molecule has 1 aliphatic heterocycles. The van der Waals surface area contributed by atoms with Gasteiger partial charge in [0.05, 0.1) is 12.3 Å². The lowest BCUT2D eigenvalue weighted by Gasteiger charge is -2.30. The zero-order valence-corrected chi connectivity index (χ0v) is 15.6. The lowest BCUT2D eigenvalue weighted by molar-refractivity contribution is -0.147. The Labute approximate surface area is 158 Å². The standard InChI is InChI=1S/C21H22N2O4/c1-14-6-4-5-7-18(14)15-8-10-16(11-9-15)19(24)23-13-17(22-27-3)12-21(23,2)20(25)26/h4-11H,12-13H2,1-3H3,(H,25,26)/b22-17-. The number of oxime groups is 1. The van der Waals surface area contributed by atoms with Crippen molar-refractivity contribution in [2.45, 2.75) is 25.8 Å². The first-order valence-corrected chi connectivity index (χ1v) is 8.67. The van der Waals surface area contributed by atoms with Gasteiger partial charge in [0, 0.05) is 12.0 Å². The van der Waals surface area contributed by atoms with Crippen LogP contribution in [0.5, 0.6) is 0 Å². The van der Waals surface area contributed by atoms with Crippen molar-refractivity contribution in [1.29, 1.82) is 0 Å². The number of carbonyl (C=O) groups is 2. The lowest BCUT2D eigenvalue weighted by Crippen LogP contribution is -2.50. The van der Waals surface area contributed by atoms with Crippen LogP contribution >= 0.6 is 0 Å². The van der Waals surface area contributed by atoms with Crippen LogP contribution < -0.4 is 0 Å². The number of carboxylic acids is 1. The summed E-state index contributed by atoms with van der Waals surface area (Å²) in [5.74, 6) is -1.40. The van der Waals surface area contributed by atoms with Gasteiger partial charge in [-0.1, -0.05) is 41.6 Å². The molecule has 1 amide bonds. The predicted octanol–water partition coefficient (Wildman–Crippen LogP) is 3.35. The van der Waals surface area contributed by atoms with Crippen LogP contribution in [0.1, 0.15) is 29.3 Å². The maximum absolute atomic E-state index is 13.0. The monoisotopic (exact) mass is 366 g/mol. The highest BCUT2D eigenvalue weighted by atomic mass is 16.6. The Morgan fingerprint density at radius 2 is 1.81 bits per heavy atom. The van der Waals surface area contributed by atoms with Gasteiger partial charge in [0.1, 0.15) is 12.6 Å². The van der Waals surface area contributed by atoms with Crippen LogP contribution in [0.4, 0.5) is 0 Å². The van der Waals surface area contributed by atoms with Gasteiger partial charge in [-0.25, -0.2) is 4.79 Å². The number of carbonyl (C=O) groups excluding carboxylic acids is 1. The second kappa shape index (κ2) is 7.23. The summed E-state index contributed by atoms with van der Waals surface area (Å²) >= 11 is 0. The number of rotatable bonds is 4. The molecule has 140 valence electrons. The quantitative estimate of drug-likeness (QED) is 0.842. The molecule has 6 nitrogen and oxygen atoms in total. The Bertz CT molecular complexity index is 905. The minimum atomic E-state index is -1.34. The van der Waals surface area contributed by atoms with Crippen molar-refractivity contribution < 1.29 is 19.5 Å². The number of carboxylic acid groups (broad SMARTS) is 1. The molecular weight excluding hydrogens is 344 g/mol. The van der Waals surface area contributed by atoms with E-state index in [0.29, 0.717) is 11.3 Å². The number of benzene rings is 2. The van der Waals surface area contributed by atoms with Gasteiger partial charge in [-0.15, -0.1) is 0 Å². The molecule has 2 aromatic carbocycles. The second-order valence-electron chi connectivity index (χ2n) is 6.88. The summed E-state index contributed by atoms with van der Waals surface area (Å²) < 4.78 is 0. The van der Waals surface area contributed by atoms with E-state index < -0.39 is 11.5 Å². The van der Waals surface area contributed by atoms with Crippen molar-refractivity contribution >= 4 is 17.6 Å². The Morgan fingerprint density at radius 1 is 1.15 bits per heavy atom. The molecule has 3 rings (SSSR count). The molecule has 0 spiro atoms. The van der Waals surface area contributed by atoms with Crippen LogP contribution in [0.15, 0.2) is 53.7 Å². The SMILES string of the molecule is CO/N=C1\CN(C(=O)c2ccc(-c3ccccc3C)cc2)C(C)(C(=O)O)C1. The van der Waals surface area contributed by atoms with Gasteiger partial charge >= 0.3 is 5.97 Å². The number of nitrogens with zero attached hydrogens (tertiary/aromatic N) is 2. The Hall–Kier alpha value is -3.15. The number of likely N-dealkylation sites (tertiary alicyclic amines) is 1. The minimum absolute atomic E-state index is 0.134. The molecule has 1 N–H and O–H groups in total. The maximum atomic E-state index is 13.0. The first-order chi connectivity index (χ1) is 12.9. The minimum Gasteiger partial charge on any atom is -0.479 e. The molecule has 1 aliphatic rings. The molecule has 0 saturated carbocycles. The maximum Gasteiger partial charge on any atom is 0.329 e. The first kappa shape index (κ1) is 18.6. The summed E-state index contributed by atoms with van der Waals surface area (Å²) in [6, 6.07) is 15.3. The lowest BCUT2D eigenvalue weighted by atomic mass is 9.97. The molecule has 27 heavy (non-hydrogen) atoms. The van der Waals surface area contributed by atoms with Gasteiger partial charge in [-0.2, -0.15) is 0 Å². The third-order valence-corrected chi connectivity index (χ3v) is 5.00. The van der Waals surface area contributed by atoms with Gasteiger partial charge in [0.15, 0.2) is 0 Å². The molecule has 0 aromatic heterocycles. The van der Waals surface area contributed by atoms with Crippen LogP contribution in [0.2, 0.25) is 0 Å². The molecule has 1 atom stereocenters. The largest absolute Gasteiger partial charge is 0.479 e. The molecule has 0 radical (unpaired) electrons. The van der Waals surface area contributed by atoms with Gasteiger partial charge < -0.3 is 14.8 Å². The molecule has 1 saturated heterocycles. The average molecular weight is 366 g/mol. The van der Waals surface area contributed by atoms with E-state index in [1.165, 1.54) is 18.9 Å². The van der Waals surface area contributed by atoms with Crippen molar-refractivity contribution in [3.05, 3.63) is 59.7 Å². The molecule has 0 aliphatic carbocycles. The fraction of sp³-hybridized carbons (Fsp3) is 0.286. The molecule has 1 fully saturated rings. The van der Waals surface area contributed by atoms with Crippen LogP contribution in [0.3, 0.4) is 0 Å². The normalized spacial score (nSPS) is 20.7. The Morgan fingerprint density at radius 3 is 2.41 bits per heavy atom. The van der Waals surface area contributed by atoms with Crippen LogP contribution in [0, 0.1) is 6.92 Å². The van der Waals surface area contributed by atoms with E-state index in [1.807, 2.05) is 43.3 Å². The van der Waals surface area contributed by atoms with E-state index >= 15 is 0 Å². The molecule has 2 aromatic rings. The zero-order chi connectivity index (χ0) is 19.6. The Balaban J connectivity index is 1.90. The summed E-state index contributed by atoms with van der Waals surface area (Å²) in [4.78, 5) is 30.9. The number of aryl methyl sites for hydroxylation is 1. The molecule has 0 bridgehead atoms. The first-order valence-electron chi connectivity index (χ1n) is 8.67. The van der Waals surface area contributed by atoms with Crippen molar-refractivity contribution in [3.8, 4) is 11.1 Å². The van der Waals surface area contributed by atoms with Crippen LogP contribution in [-0.4, -0.2) is 46.8 Å².